The van der Waals surface area contributed by atoms with Gasteiger partial charge in [-0.15, -0.1) is 11.6 Å². The summed E-state index contributed by atoms with van der Waals surface area (Å²) in [6, 6.07) is 10.1. The number of nitrogens with two attached hydrogens (primary N) is 1. The lowest BCUT2D eigenvalue weighted by Crippen LogP contribution is -2.22. The normalized spacial score (nSPS) is 13.1. The number of carbonyl (C=O) groups excluding carboxylic acids is 2. The molecule has 0 radical (unpaired) electrons. The van der Waals surface area contributed by atoms with Crippen molar-refractivity contribution in [1.29, 1.82) is 0 Å². The highest BCUT2D eigenvalue weighted by Crippen LogP contribution is 2.32. The Morgan fingerprint density at radius 1 is 0.895 bits per heavy atom. The Kier molecular flexibility index (Phi) is 2.64. The Bertz CT molecular complexity index is 722. The molecule has 0 amide bonds. The van der Waals surface area contributed by atoms with E-state index in [1.807, 2.05) is 0 Å². The fourth-order valence-corrected chi connectivity index (χ4v) is 2.60. The van der Waals surface area contributed by atoms with Gasteiger partial charge in [0.15, 0.2) is 11.6 Å². The Balaban J connectivity index is 2.33. The quantitative estimate of drug-likeness (QED) is 0.547. The standard InChI is InChI=1S/C15H10ClNO2/c16-7-8-5-6-11-12(13(8)17)15(19)10-4-2-1-3-9(10)14(11)18/h1-6H,7,17H2. The van der Waals surface area contributed by atoms with Crippen molar-refractivity contribution in [3.63, 3.8) is 0 Å². The minimum atomic E-state index is -0.213. The van der Waals surface area contributed by atoms with Crippen molar-refractivity contribution in [3.05, 3.63) is 64.2 Å². The molecule has 19 heavy (non-hydrogen) atoms. The SMILES string of the molecule is Nc1c(CCl)ccc2c1C(=O)c1ccccc1C2=O. The molecule has 1 aliphatic rings. The van der Waals surface area contributed by atoms with E-state index < -0.39 is 0 Å². The number of hydrogen-bond acceptors (Lipinski definition) is 3. The van der Waals surface area contributed by atoms with Crippen molar-refractivity contribution in [2.45, 2.75) is 5.88 Å². The van der Waals surface area contributed by atoms with Crippen LogP contribution in [0.2, 0.25) is 0 Å². The van der Waals surface area contributed by atoms with Gasteiger partial charge in [0.1, 0.15) is 0 Å². The molecule has 2 N–H and O–H groups in total. The molecule has 94 valence electrons. The van der Waals surface area contributed by atoms with Gasteiger partial charge in [0.05, 0.1) is 5.56 Å². The number of fused-ring (bicyclic) bond motifs is 2. The van der Waals surface area contributed by atoms with Crippen molar-refractivity contribution in [2.24, 2.45) is 0 Å². The molecule has 0 aliphatic heterocycles. The van der Waals surface area contributed by atoms with Crippen LogP contribution in [-0.2, 0) is 5.88 Å². The zero-order valence-corrected chi connectivity index (χ0v) is 10.7. The third-order valence-electron chi connectivity index (χ3n) is 3.37. The number of anilines is 1. The van der Waals surface area contributed by atoms with Gasteiger partial charge >= 0.3 is 0 Å². The van der Waals surface area contributed by atoms with E-state index in [2.05, 4.69) is 0 Å². The number of benzene rings is 2. The Labute approximate surface area is 115 Å². The summed E-state index contributed by atoms with van der Waals surface area (Å²) in [5.74, 6) is -0.171. The lowest BCUT2D eigenvalue weighted by molar-refractivity contribution is 0.0979. The molecule has 0 atom stereocenters. The van der Waals surface area contributed by atoms with Gasteiger partial charge in [0.25, 0.3) is 0 Å². The Morgan fingerprint density at radius 2 is 1.53 bits per heavy atom. The van der Waals surface area contributed by atoms with Gasteiger partial charge in [-0.25, -0.2) is 0 Å². The fourth-order valence-electron chi connectivity index (χ4n) is 2.37. The van der Waals surface area contributed by atoms with E-state index in [-0.39, 0.29) is 23.0 Å². The third kappa shape index (κ3) is 1.59. The van der Waals surface area contributed by atoms with Crippen LogP contribution in [0.3, 0.4) is 0 Å². The monoisotopic (exact) mass is 271 g/mol. The third-order valence-corrected chi connectivity index (χ3v) is 3.66. The number of ketones is 2. The van der Waals surface area contributed by atoms with Gasteiger partial charge in [-0.3, -0.25) is 9.59 Å². The summed E-state index contributed by atoms with van der Waals surface area (Å²) < 4.78 is 0. The Morgan fingerprint density at radius 3 is 2.16 bits per heavy atom. The number of halogens is 1. The van der Waals surface area contributed by atoms with E-state index in [0.29, 0.717) is 27.9 Å². The summed E-state index contributed by atoms with van der Waals surface area (Å²) in [5.41, 5.74) is 8.41. The highest BCUT2D eigenvalue weighted by atomic mass is 35.5. The molecular formula is C15H10ClNO2. The maximum atomic E-state index is 12.5. The van der Waals surface area contributed by atoms with E-state index in [1.54, 1.807) is 36.4 Å². The second kappa shape index (κ2) is 4.21. The molecule has 2 aromatic rings. The van der Waals surface area contributed by atoms with Gasteiger partial charge in [-0.05, 0) is 11.6 Å². The van der Waals surface area contributed by atoms with Gasteiger partial charge < -0.3 is 5.73 Å². The summed E-state index contributed by atoms with van der Waals surface area (Å²) in [6.07, 6.45) is 0. The number of nitrogen functional groups attached to an aromatic ring is 1. The van der Waals surface area contributed by atoms with Crippen LogP contribution in [-0.4, -0.2) is 11.6 Å². The first kappa shape index (κ1) is 11.9. The van der Waals surface area contributed by atoms with Gasteiger partial charge in [0, 0.05) is 28.3 Å². The van der Waals surface area contributed by atoms with Crippen molar-refractivity contribution < 1.29 is 9.59 Å². The van der Waals surface area contributed by atoms with E-state index >= 15 is 0 Å². The van der Waals surface area contributed by atoms with Crippen molar-refractivity contribution in [3.8, 4) is 0 Å². The molecule has 0 spiro atoms. The van der Waals surface area contributed by atoms with E-state index in [0.717, 1.165) is 0 Å². The lowest BCUT2D eigenvalue weighted by atomic mass is 9.82. The average molecular weight is 272 g/mol. The maximum absolute atomic E-state index is 12.5. The summed E-state index contributed by atoms with van der Waals surface area (Å²) in [5, 5.41) is 0. The van der Waals surface area contributed by atoms with Crippen molar-refractivity contribution in [2.75, 3.05) is 5.73 Å². The minimum absolute atomic E-state index is 0.168. The summed E-state index contributed by atoms with van der Waals surface area (Å²) in [4.78, 5) is 24.8. The molecule has 0 bridgehead atoms. The van der Waals surface area contributed by atoms with Crippen molar-refractivity contribution >= 4 is 28.9 Å². The number of hydrogen-bond donors (Lipinski definition) is 1. The minimum Gasteiger partial charge on any atom is -0.398 e. The summed E-state index contributed by atoms with van der Waals surface area (Å²) >= 11 is 5.78. The van der Waals surface area contributed by atoms with Crippen LogP contribution < -0.4 is 5.73 Å². The Hall–Kier alpha value is -2.13. The first-order chi connectivity index (χ1) is 9.15. The average Bonchev–Trinajstić information content (AvgIpc) is 2.44. The molecule has 3 rings (SSSR count). The molecule has 2 aromatic carbocycles. The van der Waals surface area contributed by atoms with Crippen LogP contribution in [0.4, 0.5) is 5.69 Å². The number of carbonyl (C=O) groups is 2. The fraction of sp³-hybridized carbons (Fsp3) is 0.0667. The topological polar surface area (TPSA) is 60.2 Å². The molecule has 1 aliphatic carbocycles. The largest absolute Gasteiger partial charge is 0.398 e. The van der Waals surface area contributed by atoms with Crippen LogP contribution in [0.25, 0.3) is 0 Å². The highest BCUT2D eigenvalue weighted by Gasteiger charge is 2.31. The van der Waals surface area contributed by atoms with E-state index in [1.165, 1.54) is 0 Å². The zero-order chi connectivity index (χ0) is 13.6. The van der Waals surface area contributed by atoms with Crippen LogP contribution >= 0.6 is 11.6 Å². The number of rotatable bonds is 1. The molecular weight excluding hydrogens is 262 g/mol. The van der Waals surface area contributed by atoms with Crippen LogP contribution in [0.15, 0.2) is 36.4 Å². The molecule has 4 heteroatoms. The number of alkyl halides is 1. The first-order valence-electron chi connectivity index (χ1n) is 5.81. The predicted molar refractivity (Wildman–Crippen MR) is 73.7 cm³/mol. The summed E-state index contributed by atoms with van der Waals surface area (Å²) in [7, 11) is 0. The second-order valence-corrected chi connectivity index (χ2v) is 4.67. The first-order valence-corrected chi connectivity index (χ1v) is 6.34. The molecule has 0 saturated heterocycles. The predicted octanol–water partition coefficient (Wildman–Crippen LogP) is 2.78. The summed E-state index contributed by atoms with van der Waals surface area (Å²) in [6.45, 7) is 0. The molecule has 0 fully saturated rings. The maximum Gasteiger partial charge on any atom is 0.196 e. The van der Waals surface area contributed by atoms with Gasteiger partial charge in [0.2, 0.25) is 0 Å². The van der Waals surface area contributed by atoms with Crippen LogP contribution in [0.1, 0.15) is 37.4 Å². The second-order valence-electron chi connectivity index (χ2n) is 4.40. The zero-order valence-electron chi connectivity index (χ0n) is 9.94. The molecule has 3 nitrogen and oxygen atoms in total. The lowest BCUT2D eigenvalue weighted by Gasteiger charge is -2.20. The molecule has 0 heterocycles. The highest BCUT2D eigenvalue weighted by molar-refractivity contribution is 6.30. The van der Waals surface area contributed by atoms with Gasteiger partial charge in [-0.2, -0.15) is 0 Å². The molecule has 0 saturated carbocycles. The smallest absolute Gasteiger partial charge is 0.196 e. The van der Waals surface area contributed by atoms with Crippen molar-refractivity contribution in [1.82, 2.24) is 0 Å². The van der Waals surface area contributed by atoms with E-state index in [9.17, 15) is 9.59 Å². The molecule has 0 aromatic heterocycles. The van der Waals surface area contributed by atoms with Crippen LogP contribution in [0.5, 0.6) is 0 Å². The van der Waals surface area contributed by atoms with E-state index in [4.69, 9.17) is 17.3 Å². The van der Waals surface area contributed by atoms with Crippen LogP contribution in [0, 0.1) is 0 Å². The van der Waals surface area contributed by atoms with Gasteiger partial charge in [-0.1, -0.05) is 30.3 Å². The molecule has 0 unspecified atom stereocenters.